The van der Waals surface area contributed by atoms with Gasteiger partial charge in [-0.25, -0.2) is 4.79 Å². The third kappa shape index (κ3) is 3.52. The van der Waals surface area contributed by atoms with Crippen LogP contribution >= 0.6 is 11.3 Å². The minimum Gasteiger partial charge on any atom is -0.321 e. The van der Waals surface area contributed by atoms with Crippen molar-refractivity contribution in [3.8, 4) is 11.1 Å². The molecule has 29 heavy (non-hydrogen) atoms. The molecule has 0 spiro atoms. The van der Waals surface area contributed by atoms with E-state index < -0.39 is 17.5 Å². The number of urea groups is 1. The summed E-state index contributed by atoms with van der Waals surface area (Å²) in [7, 11) is 0. The molecule has 0 aliphatic carbocycles. The molecule has 3 N–H and O–H groups in total. The molecule has 1 aromatic heterocycles. The van der Waals surface area contributed by atoms with Gasteiger partial charge in [0.1, 0.15) is 5.54 Å². The molecule has 1 unspecified atom stereocenters. The number of hydrogen-bond donors (Lipinski definition) is 3. The van der Waals surface area contributed by atoms with Crippen molar-refractivity contribution in [2.75, 3.05) is 5.32 Å². The lowest BCUT2D eigenvalue weighted by Gasteiger charge is -2.21. The second kappa shape index (κ2) is 7.18. The van der Waals surface area contributed by atoms with Crippen molar-refractivity contribution < 1.29 is 14.4 Å². The number of nitrogens with one attached hydrogen (secondary N) is 3. The van der Waals surface area contributed by atoms with Crippen LogP contribution in [0.3, 0.4) is 0 Å². The molecule has 0 radical (unpaired) electrons. The Hall–Kier alpha value is -3.45. The maximum Gasteiger partial charge on any atom is 0.322 e. The van der Waals surface area contributed by atoms with Crippen molar-refractivity contribution in [2.45, 2.75) is 19.4 Å². The van der Waals surface area contributed by atoms with Crippen molar-refractivity contribution in [3.05, 3.63) is 76.0 Å². The number of carbonyl (C=O) groups is 3. The predicted octanol–water partition coefficient (Wildman–Crippen LogP) is 4.03. The lowest BCUT2D eigenvalue weighted by molar-refractivity contribution is -0.123. The fourth-order valence-electron chi connectivity index (χ4n) is 3.29. The first kappa shape index (κ1) is 18.9. The predicted molar refractivity (Wildman–Crippen MR) is 113 cm³/mol. The maximum atomic E-state index is 12.9. The summed E-state index contributed by atoms with van der Waals surface area (Å²) in [6.45, 7) is 3.65. The van der Waals surface area contributed by atoms with E-state index in [1.165, 1.54) is 11.3 Å². The van der Waals surface area contributed by atoms with Crippen LogP contribution in [0.1, 0.15) is 27.7 Å². The van der Waals surface area contributed by atoms with E-state index >= 15 is 0 Å². The standard InChI is InChI=1S/C22H19N3O3S/c1-13-6-8-14(9-7-13)17-10-11-29-18(17)19(26)23-16-5-3-4-15(12-16)22(2)20(27)24-21(28)25-22/h3-12H,1-2H3,(H,23,26)(H2,24,25,27,28). The zero-order valence-electron chi connectivity index (χ0n) is 15.9. The van der Waals surface area contributed by atoms with Gasteiger partial charge in [-0.3, -0.25) is 14.9 Å². The topological polar surface area (TPSA) is 87.3 Å². The Kier molecular flexibility index (Phi) is 4.68. The normalized spacial score (nSPS) is 18.3. The fraction of sp³-hybridized carbons (Fsp3) is 0.136. The van der Waals surface area contributed by atoms with Crippen LogP contribution in [0, 0.1) is 6.92 Å². The van der Waals surface area contributed by atoms with Gasteiger partial charge in [-0.2, -0.15) is 0 Å². The largest absolute Gasteiger partial charge is 0.322 e. The quantitative estimate of drug-likeness (QED) is 0.573. The first-order chi connectivity index (χ1) is 13.9. The van der Waals surface area contributed by atoms with Crippen LogP contribution in [0.4, 0.5) is 10.5 Å². The van der Waals surface area contributed by atoms with Crippen LogP contribution in [0.5, 0.6) is 0 Å². The van der Waals surface area contributed by atoms with Crippen molar-refractivity contribution in [1.82, 2.24) is 10.6 Å². The van der Waals surface area contributed by atoms with Gasteiger partial charge in [-0.15, -0.1) is 11.3 Å². The number of aryl methyl sites for hydroxylation is 1. The summed E-state index contributed by atoms with van der Waals surface area (Å²) in [5.74, 6) is -0.649. The molecule has 1 saturated heterocycles. The minimum absolute atomic E-state index is 0.224. The van der Waals surface area contributed by atoms with Gasteiger partial charge in [0.2, 0.25) is 0 Å². The molecule has 1 aliphatic rings. The van der Waals surface area contributed by atoms with E-state index in [2.05, 4.69) is 16.0 Å². The number of amides is 4. The highest BCUT2D eigenvalue weighted by molar-refractivity contribution is 7.12. The zero-order chi connectivity index (χ0) is 20.6. The first-order valence-corrected chi connectivity index (χ1v) is 9.95. The lowest BCUT2D eigenvalue weighted by atomic mass is 9.92. The Balaban J connectivity index is 1.59. The van der Waals surface area contributed by atoms with E-state index in [-0.39, 0.29) is 5.91 Å². The van der Waals surface area contributed by atoms with E-state index in [1.807, 2.05) is 42.6 Å². The van der Waals surface area contributed by atoms with Crippen molar-refractivity contribution in [3.63, 3.8) is 0 Å². The summed E-state index contributed by atoms with van der Waals surface area (Å²) in [5, 5.41) is 9.66. The van der Waals surface area contributed by atoms with Crippen LogP contribution in [-0.4, -0.2) is 17.8 Å². The second-order valence-electron chi connectivity index (χ2n) is 7.10. The van der Waals surface area contributed by atoms with Crippen LogP contribution in [0.15, 0.2) is 60.0 Å². The fourth-order valence-corrected chi connectivity index (χ4v) is 4.10. The highest BCUT2D eigenvalue weighted by Gasteiger charge is 2.43. The van der Waals surface area contributed by atoms with Crippen LogP contribution in [-0.2, 0) is 10.3 Å². The molecule has 2 heterocycles. The minimum atomic E-state index is -1.17. The summed E-state index contributed by atoms with van der Waals surface area (Å²) in [6, 6.07) is 16.3. The van der Waals surface area contributed by atoms with Gasteiger partial charge >= 0.3 is 6.03 Å². The van der Waals surface area contributed by atoms with E-state index in [0.29, 0.717) is 16.1 Å². The molecule has 2 aromatic carbocycles. The maximum absolute atomic E-state index is 12.9. The molecule has 146 valence electrons. The van der Waals surface area contributed by atoms with Crippen LogP contribution < -0.4 is 16.0 Å². The summed E-state index contributed by atoms with van der Waals surface area (Å²) in [4.78, 5) is 37.2. The molecule has 1 aliphatic heterocycles. The SMILES string of the molecule is Cc1ccc(-c2ccsc2C(=O)Nc2cccc(C3(C)NC(=O)NC3=O)c2)cc1. The lowest BCUT2D eigenvalue weighted by Crippen LogP contribution is -2.40. The van der Waals surface area contributed by atoms with Gasteiger partial charge in [-0.1, -0.05) is 42.0 Å². The molecule has 4 amide bonds. The smallest absolute Gasteiger partial charge is 0.321 e. The summed E-state index contributed by atoms with van der Waals surface area (Å²) in [6.07, 6.45) is 0. The van der Waals surface area contributed by atoms with E-state index in [0.717, 1.165) is 16.7 Å². The molecule has 0 bridgehead atoms. The molecule has 1 atom stereocenters. The van der Waals surface area contributed by atoms with Gasteiger partial charge in [0.15, 0.2) is 0 Å². The van der Waals surface area contributed by atoms with Gasteiger partial charge in [0.05, 0.1) is 4.88 Å². The number of anilines is 1. The number of carbonyl (C=O) groups excluding carboxylic acids is 3. The van der Waals surface area contributed by atoms with Gasteiger partial charge in [-0.05, 0) is 48.6 Å². The average molecular weight is 405 g/mol. The van der Waals surface area contributed by atoms with E-state index in [4.69, 9.17) is 0 Å². The first-order valence-electron chi connectivity index (χ1n) is 9.07. The zero-order valence-corrected chi connectivity index (χ0v) is 16.7. The van der Waals surface area contributed by atoms with Gasteiger partial charge < -0.3 is 10.6 Å². The number of benzene rings is 2. The molecule has 1 fully saturated rings. The molecule has 4 rings (SSSR count). The third-order valence-corrected chi connectivity index (χ3v) is 5.89. The van der Waals surface area contributed by atoms with Crippen LogP contribution in [0.25, 0.3) is 11.1 Å². The monoisotopic (exact) mass is 405 g/mol. The van der Waals surface area contributed by atoms with Crippen molar-refractivity contribution in [2.24, 2.45) is 0 Å². The Morgan fingerprint density at radius 2 is 1.83 bits per heavy atom. The Labute approximate surface area is 172 Å². The molecule has 0 saturated carbocycles. The van der Waals surface area contributed by atoms with E-state index in [1.54, 1.807) is 31.2 Å². The third-order valence-electron chi connectivity index (χ3n) is 4.98. The number of imide groups is 1. The molecule has 6 nitrogen and oxygen atoms in total. The Morgan fingerprint density at radius 3 is 2.52 bits per heavy atom. The second-order valence-corrected chi connectivity index (χ2v) is 8.01. The summed E-state index contributed by atoms with van der Waals surface area (Å²) >= 11 is 1.37. The molecular formula is C22H19N3O3S. The Bertz CT molecular complexity index is 1120. The summed E-state index contributed by atoms with van der Waals surface area (Å²) < 4.78 is 0. The van der Waals surface area contributed by atoms with Crippen molar-refractivity contribution in [1.29, 1.82) is 0 Å². The Morgan fingerprint density at radius 1 is 1.07 bits per heavy atom. The average Bonchev–Trinajstić information content (AvgIpc) is 3.28. The highest BCUT2D eigenvalue weighted by Crippen LogP contribution is 2.30. The number of hydrogen-bond acceptors (Lipinski definition) is 4. The van der Waals surface area contributed by atoms with Gasteiger partial charge in [0.25, 0.3) is 11.8 Å². The summed E-state index contributed by atoms with van der Waals surface area (Å²) in [5.41, 5.74) is 2.97. The number of rotatable bonds is 4. The molecular weight excluding hydrogens is 386 g/mol. The van der Waals surface area contributed by atoms with Gasteiger partial charge in [0, 0.05) is 11.3 Å². The highest BCUT2D eigenvalue weighted by atomic mass is 32.1. The van der Waals surface area contributed by atoms with Crippen LogP contribution in [0.2, 0.25) is 0 Å². The molecule has 3 aromatic rings. The van der Waals surface area contributed by atoms with E-state index in [9.17, 15) is 14.4 Å². The van der Waals surface area contributed by atoms with Crippen molar-refractivity contribution >= 4 is 34.9 Å². The number of thiophene rings is 1. The molecule has 7 heteroatoms.